The van der Waals surface area contributed by atoms with Crippen LogP contribution in [0.15, 0.2) is 18.2 Å². The lowest BCUT2D eigenvalue weighted by Crippen LogP contribution is -2.22. The minimum atomic E-state index is 0.298. The van der Waals surface area contributed by atoms with E-state index in [-0.39, 0.29) is 0 Å². The van der Waals surface area contributed by atoms with E-state index in [9.17, 15) is 0 Å². The molecule has 102 valence electrons. The van der Waals surface area contributed by atoms with E-state index in [1.54, 1.807) is 7.11 Å². The molecule has 2 N–H and O–H groups in total. The summed E-state index contributed by atoms with van der Waals surface area (Å²) >= 11 is 0. The van der Waals surface area contributed by atoms with Crippen molar-refractivity contribution in [3.63, 3.8) is 0 Å². The van der Waals surface area contributed by atoms with Gasteiger partial charge in [-0.3, -0.25) is 0 Å². The molecule has 0 amide bonds. The summed E-state index contributed by atoms with van der Waals surface area (Å²) in [5.74, 6) is 0.972. The summed E-state index contributed by atoms with van der Waals surface area (Å²) < 4.78 is 5.40. The summed E-state index contributed by atoms with van der Waals surface area (Å²) in [6, 6.07) is 6.62. The average Bonchev–Trinajstić information content (AvgIpc) is 2.28. The number of aryl methyl sites for hydroxylation is 1. The van der Waals surface area contributed by atoms with Crippen molar-refractivity contribution in [1.82, 2.24) is 4.90 Å². The van der Waals surface area contributed by atoms with Gasteiger partial charge in [0.05, 0.1) is 7.11 Å². The van der Waals surface area contributed by atoms with E-state index >= 15 is 0 Å². The molecule has 0 radical (unpaired) electrons. The van der Waals surface area contributed by atoms with Crippen LogP contribution < -0.4 is 10.5 Å². The fraction of sp³-hybridized carbons (Fsp3) is 0.600. The molecule has 3 nitrogen and oxygen atoms in total. The summed E-state index contributed by atoms with van der Waals surface area (Å²) in [5.41, 5.74) is 8.28. The Bertz CT molecular complexity index is 364. The van der Waals surface area contributed by atoms with Gasteiger partial charge < -0.3 is 15.4 Å². The Kier molecular flexibility index (Phi) is 6.16. The molecule has 0 saturated heterocycles. The molecule has 3 heteroatoms. The maximum absolute atomic E-state index is 5.76. The molecule has 1 aromatic rings. The molecule has 1 unspecified atom stereocenters. The minimum absolute atomic E-state index is 0.298. The Morgan fingerprint density at radius 2 is 2.11 bits per heavy atom. The molecular formula is C15H26N2O. The zero-order valence-corrected chi connectivity index (χ0v) is 12.1. The van der Waals surface area contributed by atoms with Crippen LogP contribution in [0.5, 0.6) is 5.75 Å². The SMILES string of the molecule is COc1ccc(C)cc1CN(C)CCCC(C)N. The number of hydrogen-bond donors (Lipinski definition) is 1. The smallest absolute Gasteiger partial charge is 0.123 e. The first-order chi connectivity index (χ1) is 8.52. The van der Waals surface area contributed by atoms with Crippen molar-refractivity contribution in [2.24, 2.45) is 5.73 Å². The molecule has 1 atom stereocenters. The van der Waals surface area contributed by atoms with Gasteiger partial charge in [-0.1, -0.05) is 17.7 Å². The van der Waals surface area contributed by atoms with E-state index < -0.39 is 0 Å². The third kappa shape index (κ3) is 5.07. The maximum Gasteiger partial charge on any atom is 0.123 e. The van der Waals surface area contributed by atoms with Gasteiger partial charge in [0.25, 0.3) is 0 Å². The zero-order valence-electron chi connectivity index (χ0n) is 12.1. The second kappa shape index (κ2) is 7.39. The van der Waals surface area contributed by atoms with Gasteiger partial charge in [0.2, 0.25) is 0 Å². The Hall–Kier alpha value is -1.06. The maximum atomic E-state index is 5.76. The van der Waals surface area contributed by atoms with E-state index in [1.165, 1.54) is 11.1 Å². The van der Waals surface area contributed by atoms with Crippen LogP contribution in [0.3, 0.4) is 0 Å². The highest BCUT2D eigenvalue weighted by molar-refractivity contribution is 5.36. The number of nitrogens with two attached hydrogens (primary N) is 1. The normalized spacial score (nSPS) is 12.8. The highest BCUT2D eigenvalue weighted by atomic mass is 16.5. The van der Waals surface area contributed by atoms with Gasteiger partial charge in [0.1, 0.15) is 5.75 Å². The van der Waals surface area contributed by atoms with Crippen LogP contribution in [0.2, 0.25) is 0 Å². The van der Waals surface area contributed by atoms with Crippen molar-refractivity contribution >= 4 is 0 Å². The van der Waals surface area contributed by atoms with Crippen molar-refractivity contribution in [2.75, 3.05) is 20.7 Å². The highest BCUT2D eigenvalue weighted by Gasteiger charge is 2.07. The molecule has 0 saturated carbocycles. The van der Waals surface area contributed by atoms with Crippen LogP contribution in [-0.4, -0.2) is 31.6 Å². The lowest BCUT2D eigenvalue weighted by molar-refractivity contribution is 0.307. The number of hydrogen-bond acceptors (Lipinski definition) is 3. The van der Waals surface area contributed by atoms with Gasteiger partial charge >= 0.3 is 0 Å². The first kappa shape index (κ1) is 15.0. The standard InChI is InChI=1S/C15H26N2O/c1-12-7-8-15(18-4)14(10-12)11-17(3)9-5-6-13(2)16/h7-8,10,13H,5-6,9,11,16H2,1-4H3. The molecule has 1 rings (SSSR count). The molecule has 0 fully saturated rings. The summed E-state index contributed by atoms with van der Waals surface area (Å²) in [7, 11) is 3.87. The number of rotatable bonds is 7. The van der Waals surface area contributed by atoms with Crippen molar-refractivity contribution in [2.45, 2.75) is 39.3 Å². The largest absolute Gasteiger partial charge is 0.496 e. The monoisotopic (exact) mass is 250 g/mol. The van der Waals surface area contributed by atoms with Crippen LogP contribution >= 0.6 is 0 Å². The Morgan fingerprint density at radius 3 is 2.72 bits per heavy atom. The van der Waals surface area contributed by atoms with Gasteiger partial charge in [-0.15, -0.1) is 0 Å². The van der Waals surface area contributed by atoms with Crippen LogP contribution in [0, 0.1) is 6.92 Å². The average molecular weight is 250 g/mol. The predicted molar refractivity (Wildman–Crippen MR) is 76.9 cm³/mol. The topological polar surface area (TPSA) is 38.5 Å². The van der Waals surface area contributed by atoms with Gasteiger partial charge in [-0.05, 0) is 46.3 Å². The quantitative estimate of drug-likeness (QED) is 0.808. The molecular weight excluding hydrogens is 224 g/mol. The summed E-state index contributed by atoms with van der Waals surface area (Å²) in [4.78, 5) is 2.32. The molecule has 0 aromatic heterocycles. The van der Waals surface area contributed by atoms with Gasteiger partial charge in [-0.2, -0.15) is 0 Å². The number of methoxy groups -OCH3 is 1. The molecule has 0 aliphatic carbocycles. The van der Waals surface area contributed by atoms with Gasteiger partial charge in [0, 0.05) is 18.2 Å². The second-order valence-corrected chi connectivity index (χ2v) is 5.17. The van der Waals surface area contributed by atoms with Gasteiger partial charge in [0.15, 0.2) is 0 Å². The molecule has 0 heterocycles. The number of nitrogens with zero attached hydrogens (tertiary/aromatic N) is 1. The zero-order chi connectivity index (χ0) is 13.5. The van der Waals surface area contributed by atoms with Crippen LogP contribution in [0.1, 0.15) is 30.9 Å². The molecule has 0 aliphatic rings. The first-order valence-electron chi connectivity index (χ1n) is 6.60. The van der Waals surface area contributed by atoms with E-state index in [2.05, 4.69) is 37.9 Å². The second-order valence-electron chi connectivity index (χ2n) is 5.17. The summed E-state index contributed by atoms with van der Waals surface area (Å²) in [6.45, 7) is 6.16. The van der Waals surface area contributed by atoms with E-state index in [0.29, 0.717) is 6.04 Å². The van der Waals surface area contributed by atoms with Crippen LogP contribution in [-0.2, 0) is 6.54 Å². The molecule has 1 aromatic carbocycles. The lowest BCUT2D eigenvalue weighted by Gasteiger charge is -2.19. The fourth-order valence-corrected chi connectivity index (χ4v) is 2.08. The Morgan fingerprint density at radius 1 is 1.39 bits per heavy atom. The van der Waals surface area contributed by atoms with Crippen LogP contribution in [0.4, 0.5) is 0 Å². The Balaban J connectivity index is 2.52. The fourth-order valence-electron chi connectivity index (χ4n) is 2.08. The third-order valence-electron chi connectivity index (χ3n) is 3.08. The highest BCUT2D eigenvalue weighted by Crippen LogP contribution is 2.21. The molecule has 0 spiro atoms. The molecule has 18 heavy (non-hydrogen) atoms. The predicted octanol–water partition coefficient (Wildman–Crippen LogP) is 2.56. The minimum Gasteiger partial charge on any atom is -0.496 e. The van der Waals surface area contributed by atoms with Crippen molar-refractivity contribution in [1.29, 1.82) is 0 Å². The van der Waals surface area contributed by atoms with Gasteiger partial charge in [-0.25, -0.2) is 0 Å². The van der Waals surface area contributed by atoms with E-state index in [4.69, 9.17) is 10.5 Å². The van der Waals surface area contributed by atoms with E-state index in [1.807, 2.05) is 6.07 Å². The summed E-state index contributed by atoms with van der Waals surface area (Å²) in [6.07, 6.45) is 2.22. The molecule has 0 bridgehead atoms. The number of ether oxygens (including phenoxy) is 1. The lowest BCUT2D eigenvalue weighted by atomic mass is 10.1. The van der Waals surface area contributed by atoms with Crippen molar-refractivity contribution in [3.8, 4) is 5.75 Å². The van der Waals surface area contributed by atoms with E-state index in [0.717, 1.165) is 31.7 Å². The van der Waals surface area contributed by atoms with Crippen molar-refractivity contribution in [3.05, 3.63) is 29.3 Å². The third-order valence-corrected chi connectivity index (χ3v) is 3.08. The molecule has 0 aliphatic heterocycles. The van der Waals surface area contributed by atoms with Crippen molar-refractivity contribution < 1.29 is 4.74 Å². The first-order valence-corrected chi connectivity index (χ1v) is 6.60. The number of benzene rings is 1. The Labute approximate surface area is 111 Å². The summed E-state index contributed by atoms with van der Waals surface area (Å²) in [5, 5.41) is 0. The van der Waals surface area contributed by atoms with Crippen LogP contribution in [0.25, 0.3) is 0 Å².